The highest BCUT2D eigenvalue weighted by Crippen LogP contribution is 2.09. The van der Waals surface area contributed by atoms with Crippen LogP contribution in [0.15, 0.2) is 0 Å². The van der Waals surface area contributed by atoms with E-state index >= 15 is 0 Å². The molecule has 0 atom stereocenters. The molecule has 0 aromatic rings. The molecule has 0 aromatic heterocycles. The van der Waals surface area contributed by atoms with E-state index in [0.29, 0.717) is 19.7 Å². The first-order valence-corrected chi connectivity index (χ1v) is 9.05. The van der Waals surface area contributed by atoms with Crippen LogP contribution in [0.1, 0.15) is 6.42 Å². The number of carbonyl (C=O) groups excluding carboxylic acids is 1. The monoisotopic (exact) mass is 392 g/mol. The van der Waals surface area contributed by atoms with Gasteiger partial charge in [-0.15, -0.1) is 0 Å². The Morgan fingerprint density at radius 1 is 1.29 bits per heavy atom. The second-order valence-corrected chi connectivity index (χ2v) is 9.34. The van der Waals surface area contributed by atoms with E-state index in [9.17, 15) is 13.2 Å². The van der Waals surface area contributed by atoms with Crippen LogP contribution in [-0.2, 0) is 19.4 Å². The van der Waals surface area contributed by atoms with Crippen LogP contribution in [0, 0.1) is 0 Å². The fourth-order valence-corrected chi connectivity index (χ4v) is 3.30. The molecule has 0 radical (unpaired) electrons. The number of esters is 1. The number of halogens is 2. The van der Waals surface area contributed by atoms with Crippen LogP contribution >= 0.6 is 31.9 Å². The van der Waals surface area contributed by atoms with Gasteiger partial charge in [-0.3, -0.25) is 0 Å². The molecule has 0 spiro atoms. The van der Waals surface area contributed by atoms with E-state index in [2.05, 4.69) is 31.9 Å². The maximum atomic E-state index is 11.2. The van der Waals surface area contributed by atoms with E-state index in [1.807, 2.05) is 0 Å². The Bertz CT molecular complexity index is 344. The van der Waals surface area contributed by atoms with Crippen molar-refractivity contribution < 1.29 is 22.8 Å². The Balaban J connectivity index is 2.10. The SMILES string of the molecule is O=C(OCCC[NH+]1CCS(=O)(=O)CC1)C(Br)Br. The molecular weight excluding hydrogens is 378 g/mol. The largest absolute Gasteiger partial charge is 0.464 e. The summed E-state index contributed by atoms with van der Waals surface area (Å²) in [5.41, 5.74) is 0. The summed E-state index contributed by atoms with van der Waals surface area (Å²) < 4.78 is 26.9. The predicted molar refractivity (Wildman–Crippen MR) is 71.4 cm³/mol. The van der Waals surface area contributed by atoms with E-state index in [0.717, 1.165) is 13.0 Å². The maximum absolute atomic E-state index is 11.2. The number of hydrogen-bond acceptors (Lipinski definition) is 4. The molecule has 0 aromatic carbocycles. The summed E-state index contributed by atoms with van der Waals surface area (Å²) in [6.45, 7) is 2.55. The van der Waals surface area contributed by atoms with Gasteiger partial charge in [-0.1, -0.05) is 31.9 Å². The molecule has 0 aliphatic carbocycles. The number of ether oxygens (including phenoxy) is 1. The molecule has 1 aliphatic rings. The standard InChI is InChI=1S/C9H15Br2NO4S/c10-8(11)9(13)16-5-1-2-12-3-6-17(14,15)7-4-12/h8H,1-7H2/p+1. The predicted octanol–water partition coefficient (Wildman–Crippen LogP) is -0.651. The summed E-state index contributed by atoms with van der Waals surface area (Å²) >= 11 is 6.10. The molecule has 1 N–H and O–H groups in total. The van der Waals surface area contributed by atoms with Crippen LogP contribution in [0.25, 0.3) is 0 Å². The minimum absolute atomic E-state index is 0.271. The quantitative estimate of drug-likeness (QED) is 0.383. The lowest BCUT2D eigenvalue weighted by Crippen LogP contribution is -3.14. The van der Waals surface area contributed by atoms with Crippen molar-refractivity contribution >= 4 is 47.7 Å². The molecule has 0 saturated carbocycles. The molecule has 5 nitrogen and oxygen atoms in total. The van der Waals surface area contributed by atoms with Crippen molar-refractivity contribution in [3.8, 4) is 0 Å². The van der Waals surface area contributed by atoms with Crippen molar-refractivity contribution in [2.45, 2.75) is 10.2 Å². The van der Waals surface area contributed by atoms with Gasteiger partial charge < -0.3 is 9.64 Å². The van der Waals surface area contributed by atoms with Gasteiger partial charge in [0.2, 0.25) is 0 Å². The molecule has 1 rings (SSSR count). The molecular formula is C9H16Br2NO4S+. The zero-order chi connectivity index (χ0) is 12.9. The Kier molecular flexibility index (Phi) is 6.39. The second kappa shape index (κ2) is 7.06. The Morgan fingerprint density at radius 3 is 2.41 bits per heavy atom. The molecule has 1 saturated heterocycles. The maximum Gasteiger partial charge on any atom is 0.330 e. The fourth-order valence-electron chi connectivity index (χ4n) is 1.63. The highest BCUT2D eigenvalue weighted by Gasteiger charge is 2.24. The third kappa shape index (κ3) is 6.17. The topological polar surface area (TPSA) is 64.9 Å². The lowest BCUT2D eigenvalue weighted by molar-refractivity contribution is -0.896. The number of quaternary nitrogens is 1. The molecule has 8 heteroatoms. The zero-order valence-corrected chi connectivity index (χ0v) is 13.3. The molecule has 1 heterocycles. The van der Waals surface area contributed by atoms with E-state index in [1.54, 1.807) is 0 Å². The zero-order valence-electron chi connectivity index (χ0n) is 9.32. The Morgan fingerprint density at radius 2 is 1.88 bits per heavy atom. The number of nitrogens with one attached hydrogen (secondary N) is 1. The van der Waals surface area contributed by atoms with Gasteiger partial charge in [-0.05, 0) is 0 Å². The Hall–Kier alpha value is 0.340. The van der Waals surface area contributed by atoms with Gasteiger partial charge in [0.1, 0.15) is 0 Å². The van der Waals surface area contributed by atoms with Gasteiger partial charge in [-0.2, -0.15) is 0 Å². The molecule has 0 bridgehead atoms. The third-order valence-electron chi connectivity index (χ3n) is 2.63. The summed E-state index contributed by atoms with van der Waals surface area (Å²) in [7, 11) is -2.79. The van der Waals surface area contributed by atoms with Crippen LogP contribution in [0.2, 0.25) is 0 Å². The summed E-state index contributed by atoms with van der Waals surface area (Å²) in [6.07, 6.45) is 0.758. The molecule has 1 fully saturated rings. The average molecular weight is 394 g/mol. The van der Waals surface area contributed by atoms with Crippen molar-refractivity contribution in [3.63, 3.8) is 0 Å². The highest BCUT2D eigenvalue weighted by molar-refractivity contribution is 9.25. The van der Waals surface area contributed by atoms with Gasteiger partial charge in [0.05, 0.1) is 37.7 Å². The van der Waals surface area contributed by atoms with E-state index in [1.165, 1.54) is 4.90 Å². The molecule has 100 valence electrons. The van der Waals surface area contributed by atoms with Gasteiger partial charge >= 0.3 is 5.97 Å². The van der Waals surface area contributed by atoms with Crippen LogP contribution in [0.5, 0.6) is 0 Å². The van der Waals surface area contributed by atoms with Crippen molar-refractivity contribution in [2.24, 2.45) is 0 Å². The van der Waals surface area contributed by atoms with E-state index in [4.69, 9.17) is 4.74 Å². The molecule has 0 amide bonds. The Labute approximate surface area is 118 Å². The lowest BCUT2D eigenvalue weighted by Gasteiger charge is -2.23. The smallest absolute Gasteiger partial charge is 0.330 e. The number of carbonyl (C=O) groups is 1. The second-order valence-electron chi connectivity index (χ2n) is 3.97. The number of sulfone groups is 1. The average Bonchev–Trinajstić information content (AvgIpc) is 2.25. The van der Waals surface area contributed by atoms with Crippen LogP contribution in [0.3, 0.4) is 0 Å². The molecule has 1 aliphatic heterocycles. The van der Waals surface area contributed by atoms with Crippen molar-refractivity contribution in [1.29, 1.82) is 0 Å². The lowest BCUT2D eigenvalue weighted by atomic mass is 10.4. The van der Waals surface area contributed by atoms with Gasteiger partial charge in [-0.25, -0.2) is 13.2 Å². The van der Waals surface area contributed by atoms with Gasteiger partial charge in [0, 0.05) is 6.42 Å². The fraction of sp³-hybridized carbons (Fsp3) is 0.889. The van der Waals surface area contributed by atoms with Crippen LogP contribution < -0.4 is 4.90 Å². The van der Waals surface area contributed by atoms with Gasteiger partial charge in [0.25, 0.3) is 0 Å². The van der Waals surface area contributed by atoms with Gasteiger partial charge in [0.15, 0.2) is 13.6 Å². The number of rotatable bonds is 5. The molecule has 0 unspecified atom stereocenters. The van der Waals surface area contributed by atoms with Crippen LogP contribution in [0.4, 0.5) is 0 Å². The minimum Gasteiger partial charge on any atom is -0.464 e. The summed E-state index contributed by atoms with van der Waals surface area (Å²) in [5, 5.41) is 0. The third-order valence-corrected chi connectivity index (χ3v) is 5.03. The highest BCUT2D eigenvalue weighted by atomic mass is 79.9. The minimum atomic E-state index is -2.79. The summed E-state index contributed by atoms with van der Waals surface area (Å²) in [5.74, 6) is 0.209. The molecule has 17 heavy (non-hydrogen) atoms. The van der Waals surface area contributed by atoms with Crippen molar-refractivity contribution in [2.75, 3.05) is 37.7 Å². The first-order chi connectivity index (χ1) is 7.91. The summed E-state index contributed by atoms with van der Waals surface area (Å²) in [6, 6.07) is 0. The number of alkyl halides is 2. The van der Waals surface area contributed by atoms with E-state index in [-0.39, 0.29) is 17.5 Å². The van der Waals surface area contributed by atoms with E-state index < -0.39 is 13.6 Å². The van der Waals surface area contributed by atoms with Crippen LogP contribution in [-0.4, -0.2) is 55.9 Å². The van der Waals surface area contributed by atoms with Crippen molar-refractivity contribution in [3.05, 3.63) is 0 Å². The normalized spacial score (nSPS) is 20.4. The number of hydrogen-bond donors (Lipinski definition) is 1. The van der Waals surface area contributed by atoms with Crippen molar-refractivity contribution in [1.82, 2.24) is 0 Å². The summed E-state index contributed by atoms with van der Waals surface area (Å²) in [4.78, 5) is 12.3. The first kappa shape index (κ1) is 15.4. The first-order valence-electron chi connectivity index (χ1n) is 5.39.